The molecule has 1 aromatic heterocycles. The van der Waals surface area contributed by atoms with Crippen LogP contribution in [0.1, 0.15) is 41.0 Å². The Morgan fingerprint density at radius 1 is 1.28 bits per heavy atom. The van der Waals surface area contributed by atoms with Crippen LogP contribution >= 0.6 is 34.5 Å². The maximum absolute atomic E-state index is 12.9. The zero-order chi connectivity index (χ0) is 23.5. The summed E-state index contributed by atoms with van der Waals surface area (Å²) in [6.07, 6.45) is -4.55. The van der Waals surface area contributed by atoms with E-state index in [0.29, 0.717) is 35.4 Å². The Balaban J connectivity index is 1.43. The van der Waals surface area contributed by atoms with E-state index < -0.39 is 33.5 Å². The highest BCUT2D eigenvalue weighted by atomic mass is 35.5. The lowest BCUT2D eigenvalue weighted by molar-refractivity contribution is -0.141. The normalized spacial score (nSPS) is 16.8. The minimum absolute atomic E-state index is 0.00191. The van der Waals surface area contributed by atoms with Gasteiger partial charge in [-0.05, 0) is 31.4 Å². The molecule has 0 spiro atoms. The van der Waals surface area contributed by atoms with Crippen molar-refractivity contribution in [1.82, 2.24) is 9.88 Å². The van der Waals surface area contributed by atoms with Crippen molar-refractivity contribution in [2.24, 2.45) is 0 Å². The average Bonchev–Trinajstić information content (AvgIpc) is 3.13. The fourth-order valence-corrected chi connectivity index (χ4v) is 4.59. The van der Waals surface area contributed by atoms with E-state index in [0.717, 1.165) is 12.8 Å². The number of ether oxygens (including phenoxy) is 1. The maximum atomic E-state index is 12.9. The number of piperidine rings is 1. The Kier molecular flexibility index (Phi) is 8.26. The third kappa shape index (κ3) is 6.71. The predicted molar refractivity (Wildman–Crippen MR) is 116 cm³/mol. The van der Waals surface area contributed by atoms with Crippen LogP contribution in [0.25, 0.3) is 0 Å². The number of nitrogens with zero attached hydrogens (tertiary/aromatic N) is 1. The molecule has 0 radical (unpaired) electrons. The summed E-state index contributed by atoms with van der Waals surface area (Å²) >= 11 is 12.1. The minimum atomic E-state index is -4.81. The smallest absolute Gasteiger partial charge is 0.432 e. The number of ketones is 1. The number of hydrogen-bond acceptors (Lipinski definition) is 6. The molecular formula is C20H21Cl2F3N2O4S. The van der Waals surface area contributed by atoms with Gasteiger partial charge in [-0.2, -0.15) is 13.2 Å². The second kappa shape index (κ2) is 10.6. The number of aromatic amines is 1. The molecule has 2 aromatic rings. The Morgan fingerprint density at radius 2 is 1.97 bits per heavy atom. The molecule has 0 bridgehead atoms. The van der Waals surface area contributed by atoms with Gasteiger partial charge in [-0.15, -0.1) is 0 Å². The van der Waals surface area contributed by atoms with Crippen LogP contribution in [0.4, 0.5) is 13.2 Å². The third-order valence-electron chi connectivity index (χ3n) is 5.09. The number of β-amino-alcohol motifs (C(OH)–C–C–N with tert-alkyl or cyclic N) is 1. The summed E-state index contributed by atoms with van der Waals surface area (Å²) in [6.45, 7) is 1.62. The van der Waals surface area contributed by atoms with E-state index in [-0.39, 0.29) is 30.3 Å². The maximum Gasteiger partial charge on any atom is 0.432 e. The molecule has 1 aliphatic rings. The third-order valence-corrected chi connectivity index (χ3v) is 6.75. The molecule has 6 nitrogen and oxygen atoms in total. The van der Waals surface area contributed by atoms with Gasteiger partial charge in [0.1, 0.15) is 22.4 Å². The van der Waals surface area contributed by atoms with E-state index in [9.17, 15) is 27.9 Å². The van der Waals surface area contributed by atoms with Gasteiger partial charge in [0.2, 0.25) is 0 Å². The first-order valence-electron chi connectivity index (χ1n) is 9.88. The first kappa shape index (κ1) is 25.0. The van der Waals surface area contributed by atoms with Crippen molar-refractivity contribution in [3.63, 3.8) is 0 Å². The molecule has 1 aromatic carbocycles. The van der Waals surface area contributed by atoms with E-state index >= 15 is 0 Å². The van der Waals surface area contributed by atoms with Crippen molar-refractivity contribution in [2.75, 3.05) is 19.6 Å². The summed E-state index contributed by atoms with van der Waals surface area (Å²) in [6, 6.07) is 5.06. The zero-order valence-electron chi connectivity index (χ0n) is 16.8. The van der Waals surface area contributed by atoms with Gasteiger partial charge in [0.05, 0.1) is 16.1 Å². The van der Waals surface area contributed by atoms with Crippen LogP contribution in [-0.4, -0.2) is 52.6 Å². The number of Topliss-reactive ketones (excluding diaryl/α,β-unsaturated/α-hetero) is 1. The molecule has 1 atom stereocenters. The highest BCUT2D eigenvalue weighted by molar-refractivity contribution is 7.11. The van der Waals surface area contributed by atoms with Crippen LogP contribution in [-0.2, 0) is 6.18 Å². The first-order chi connectivity index (χ1) is 15.0. The number of hydrogen-bond donors (Lipinski definition) is 2. The minimum Gasteiger partial charge on any atom is -0.490 e. The molecule has 3 rings (SSSR count). The van der Waals surface area contributed by atoms with Gasteiger partial charge >= 0.3 is 11.0 Å². The first-order valence-corrected chi connectivity index (χ1v) is 11.5. The molecule has 0 saturated carbocycles. The lowest BCUT2D eigenvalue weighted by atomic mass is 10.0. The molecule has 2 heterocycles. The van der Waals surface area contributed by atoms with E-state index in [1.54, 1.807) is 23.2 Å². The molecule has 0 amide bonds. The number of H-pyrrole nitrogens is 1. The summed E-state index contributed by atoms with van der Waals surface area (Å²) in [4.78, 5) is 25.5. The van der Waals surface area contributed by atoms with Crippen molar-refractivity contribution in [3.8, 4) is 5.75 Å². The molecule has 1 aliphatic heterocycles. The van der Waals surface area contributed by atoms with Crippen molar-refractivity contribution >= 4 is 40.3 Å². The fourth-order valence-electron chi connectivity index (χ4n) is 3.48. The van der Waals surface area contributed by atoms with Crippen LogP contribution in [0.15, 0.2) is 23.0 Å². The molecule has 32 heavy (non-hydrogen) atoms. The van der Waals surface area contributed by atoms with Crippen LogP contribution in [0.2, 0.25) is 10.0 Å². The number of thiazole rings is 1. The van der Waals surface area contributed by atoms with Crippen molar-refractivity contribution in [2.45, 2.75) is 44.1 Å². The van der Waals surface area contributed by atoms with Gasteiger partial charge in [0, 0.05) is 32.1 Å². The van der Waals surface area contributed by atoms with Gasteiger partial charge in [-0.1, -0.05) is 34.5 Å². The zero-order valence-corrected chi connectivity index (χ0v) is 19.1. The van der Waals surface area contributed by atoms with Gasteiger partial charge in [0.15, 0.2) is 5.78 Å². The highest BCUT2D eigenvalue weighted by Gasteiger charge is 2.38. The van der Waals surface area contributed by atoms with E-state index in [1.807, 2.05) is 4.90 Å². The molecular weight excluding hydrogens is 492 g/mol. The topological polar surface area (TPSA) is 82.6 Å². The monoisotopic (exact) mass is 512 g/mol. The number of carbonyl (C=O) groups is 1. The van der Waals surface area contributed by atoms with Gasteiger partial charge in [-0.3, -0.25) is 9.59 Å². The quantitative estimate of drug-likeness (QED) is 0.504. The van der Waals surface area contributed by atoms with E-state index in [1.165, 1.54) is 0 Å². The summed E-state index contributed by atoms with van der Waals surface area (Å²) in [5, 5.41) is 11.1. The van der Waals surface area contributed by atoms with Crippen molar-refractivity contribution < 1.29 is 27.8 Å². The van der Waals surface area contributed by atoms with Crippen LogP contribution in [0, 0.1) is 0 Å². The standard InChI is InChI=1S/C20H21Cl2F3N2O4S/c21-14-3-2-13(9-15(14)22)31-12-5-7-27(8-6-12)10-11(28)1-4-16(29)17-18(20(23,24)25)26-19(30)32-17/h2-3,9,11-12,28H,1,4-8,10H2,(H,26,30)/t11-/m1/s1. The number of aromatic nitrogens is 1. The van der Waals surface area contributed by atoms with Crippen molar-refractivity contribution in [3.05, 3.63) is 48.5 Å². The molecule has 176 valence electrons. The summed E-state index contributed by atoms with van der Waals surface area (Å²) in [5.74, 6) is -0.185. The number of aliphatic hydroxyl groups excluding tert-OH is 1. The molecule has 0 aliphatic carbocycles. The Labute approximate surface area is 195 Å². The summed E-state index contributed by atoms with van der Waals surface area (Å²) < 4.78 is 44.7. The number of nitrogens with one attached hydrogen (secondary N) is 1. The molecule has 2 N–H and O–H groups in total. The van der Waals surface area contributed by atoms with Crippen LogP contribution < -0.4 is 9.61 Å². The lowest BCUT2D eigenvalue weighted by Crippen LogP contribution is -2.42. The molecule has 1 fully saturated rings. The number of alkyl halides is 3. The molecule has 12 heteroatoms. The number of carbonyl (C=O) groups excluding carboxylic acids is 1. The Bertz CT molecular complexity index is 1000. The number of aliphatic hydroxyl groups is 1. The second-order valence-electron chi connectivity index (χ2n) is 7.53. The number of rotatable bonds is 8. The highest BCUT2D eigenvalue weighted by Crippen LogP contribution is 2.32. The van der Waals surface area contributed by atoms with Gasteiger partial charge < -0.3 is 19.7 Å². The summed E-state index contributed by atoms with van der Waals surface area (Å²) in [5.41, 5.74) is -1.32. The Hall–Kier alpha value is -1.59. The van der Waals surface area contributed by atoms with Crippen molar-refractivity contribution in [1.29, 1.82) is 0 Å². The SMILES string of the molecule is O=C(CC[C@@H](O)CN1CCC(Oc2ccc(Cl)c(Cl)c2)CC1)c1sc(=O)[nH]c1C(F)(F)F. The average molecular weight is 513 g/mol. The van der Waals surface area contributed by atoms with Gasteiger partial charge in [0.25, 0.3) is 0 Å². The largest absolute Gasteiger partial charge is 0.490 e. The molecule has 0 unspecified atom stereocenters. The number of benzene rings is 1. The predicted octanol–water partition coefficient (Wildman–Crippen LogP) is 4.63. The second-order valence-corrected chi connectivity index (χ2v) is 9.32. The molecule has 1 saturated heterocycles. The van der Waals surface area contributed by atoms with Crippen LogP contribution in [0.3, 0.4) is 0 Å². The lowest BCUT2D eigenvalue weighted by Gasteiger charge is -2.33. The van der Waals surface area contributed by atoms with E-state index in [4.69, 9.17) is 27.9 Å². The number of likely N-dealkylation sites (tertiary alicyclic amines) is 1. The van der Waals surface area contributed by atoms with Crippen LogP contribution in [0.5, 0.6) is 5.75 Å². The number of halogens is 5. The Morgan fingerprint density at radius 3 is 2.59 bits per heavy atom. The van der Waals surface area contributed by atoms with Gasteiger partial charge in [-0.25, -0.2) is 0 Å². The van der Waals surface area contributed by atoms with E-state index in [2.05, 4.69) is 0 Å². The fraction of sp³-hybridized carbons (Fsp3) is 0.500. The summed E-state index contributed by atoms with van der Waals surface area (Å²) in [7, 11) is 0.